The summed E-state index contributed by atoms with van der Waals surface area (Å²) in [5.41, 5.74) is 1.11. The summed E-state index contributed by atoms with van der Waals surface area (Å²) in [6.07, 6.45) is 1.20. The third kappa shape index (κ3) is 6.01. The molecule has 6 nitrogen and oxygen atoms in total. The molecule has 0 spiro atoms. The maximum absolute atomic E-state index is 12.9. The van der Waals surface area contributed by atoms with E-state index >= 15 is 0 Å². The molecule has 0 aromatic heterocycles. The standard InChI is InChI=1S/C22H28N2O4/c1-4-20(22(26)23-2)24(15-14-17-8-6-5-7-9-17)21(25)16-28-19-12-10-18(27-3)11-13-19/h5-13,20H,4,14-16H2,1-3H3,(H,23,26)/t20-/m1/s1. The third-order valence-electron chi connectivity index (χ3n) is 4.54. The van der Waals surface area contributed by atoms with Gasteiger partial charge in [-0.1, -0.05) is 37.3 Å². The van der Waals surface area contributed by atoms with Crippen LogP contribution in [0, 0.1) is 0 Å². The van der Waals surface area contributed by atoms with Crippen LogP contribution in [0.4, 0.5) is 0 Å². The van der Waals surface area contributed by atoms with Crippen molar-refractivity contribution in [3.8, 4) is 11.5 Å². The van der Waals surface area contributed by atoms with E-state index in [0.29, 0.717) is 30.9 Å². The SMILES string of the molecule is CC[C@H](C(=O)NC)N(CCc1ccccc1)C(=O)COc1ccc(OC)cc1. The summed E-state index contributed by atoms with van der Waals surface area (Å²) >= 11 is 0. The van der Waals surface area contributed by atoms with Crippen LogP contribution < -0.4 is 14.8 Å². The van der Waals surface area contributed by atoms with E-state index in [9.17, 15) is 9.59 Å². The molecule has 0 unspecified atom stereocenters. The monoisotopic (exact) mass is 384 g/mol. The molecule has 0 radical (unpaired) electrons. The summed E-state index contributed by atoms with van der Waals surface area (Å²) in [5.74, 6) is 0.898. The van der Waals surface area contributed by atoms with Gasteiger partial charge in [-0.3, -0.25) is 9.59 Å². The molecule has 2 amide bonds. The predicted molar refractivity (Wildman–Crippen MR) is 108 cm³/mol. The Hall–Kier alpha value is -3.02. The first kappa shape index (κ1) is 21.3. The van der Waals surface area contributed by atoms with Crippen molar-refractivity contribution in [1.29, 1.82) is 0 Å². The fourth-order valence-electron chi connectivity index (χ4n) is 2.96. The van der Waals surface area contributed by atoms with Crippen molar-refractivity contribution in [2.75, 3.05) is 27.3 Å². The number of amides is 2. The highest BCUT2D eigenvalue weighted by atomic mass is 16.5. The van der Waals surface area contributed by atoms with Gasteiger partial charge in [-0.15, -0.1) is 0 Å². The summed E-state index contributed by atoms with van der Waals surface area (Å²) in [6, 6.07) is 16.4. The summed E-state index contributed by atoms with van der Waals surface area (Å²) in [5, 5.41) is 2.65. The Labute approximate surface area is 166 Å². The van der Waals surface area contributed by atoms with Gasteiger partial charge in [-0.2, -0.15) is 0 Å². The highest BCUT2D eigenvalue weighted by Crippen LogP contribution is 2.17. The molecule has 0 aliphatic carbocycles. The molecule has 2 aromatic carbocycles. The minimum Gasteiger partial charge on any atom is -0.497 e. The van der Waals surface area contributed by atoms with Crippen molar-refractivity contribution in [2.24, 2.45) is 0 Å². The van der Waals surface area contributed by atoms with E-state index in [0.717, 1.165) is 5.56 Å². The van der Waals surface area contributed by atoms with E-state index in [2.05, 4.69) is 5.32 Å². The maximum Gasteiger partial charge on any atom is 0.261 e. The van der Waals surface area contributed by atoms with Crippen molar-refractivity contribution < 1.29 is 19.1 Å². The zero-order valence-corrected chi connectivity index (χ0v) is 16.7. The number of carbonyl (C=O) groups is 2. The maximum atomic E-state index is 12.9. The normalized spacial score (nSPS) is 11.4. The van der Waals surface area contributed by atoms with Gasteiger partial charge in [0.15, 0.2) is 6.61 Å². The molecule has 0 saturated heterocycles. The van der Waals surface area contributed by atoms with Crippen LogP contribution in [0.2, 0.25) is 0 Å². The predicted octanol–water partition coefficient (Wildman–Crippen LogP) is 2.67. The summed E-state index contributed by atoms with van der Waals surface area (Å²) in [7, 11) is 3.17. The van der Waals surface area contributed by atoms with Gasteiger partial charge in [-0.25, -0.2) is 0 Å². The van der Waals surface area contributed by atoms with Crippen molar-refractivity contribution in [3.63, 3.8) is 0 Å². The molecular weight excluding hydrogens is 356 g/mol. The number of carbonyl (C=O) groups excluding carboxylic acids is 2. The minimum absolute atomic E-state index is 0.130. The lowest BCUT2D eigenvalue weighted by atomic mass is 10.1. The zero-order valence-electron chi connectivity index (χ0n) is 16.7. The molecule has 0 heterocycles. The number of nitrogens with zero attached hydrogens (tertiary/aromatic N) is 1. The van der Waals surface area contributed by atoms with Crippen molar-refractivity contribution in [3.05, 3.63) is 60.2 Å². The lowest BCUT2D eigenvalue weighted by molar-refractivity contribution is -0.142. The van der Waals surface area contributed by atoms with E-state index in [4.69, 9.17) is 9.47 Å². The van der Waals surface area contributed by atoms with E-state index in [1.807, 2.05) is 37.3 Å². The molecule has 2 rings (SSSR count). The van der Waals surface area contributed by atoms with E-state index in [1.165, 1.54) is 0 Å². The molecule has 0 aliphatic rings. The summed E-state index contributed by atoms with van der Waals surface area (Å²) < 4.78 is 10.7. The van der Waals surface area contributed by atoms with Gasteiger partial charge in [0.1, 0.15) is 17.5 Å². The van der Waals surface area contributed by atoms with Crippen molar-refractivity contribution in [1.82, 2.24) is 10.2 Å². The average Bonchev–Trinajstić information content (AvgIpc) is 2.75. The van der Waals surface area contributed by atoms with Gasteiger partial charge in [-0.05, 0) is 42.7 Å². The fraction of sp³-hybridized carbons (Fsp3) is 0.364. The van der Waals surface area contributed by atoms with Crippen LogP contribution in [-0.2, 0) is 16.0 Å². The molecule has 28 heavy (non-hydrogen) atoms. The smallest absolute Gasteiger partial charge is 0.261 e. The topological polar surface area (TPSA) is 67.9 Å². The lowest BCUT2D eigenvalue weighted by Crippen LogP contribution is -2.50. The quantitative estimate of drug-likeness (QED) is 0.684. The number of methoxy groups -OCH3 is 1. The van der Waals surface area contributed by atoms with Crippen LogP contribution in [0.25, 0.3) is 0 Å². The van der Waals surface area contributed by atoms with E-state index < -0.39 is 6.04 Å². The summed E-state index contributed by atoms with van der Waals surface area (Å²) in [6.45, 7) is 2.21. The van der Waals surface area contributed by atoms with Gasteiger partial charge in [0.2, 0.25) is 5.91 Å². The van der Waals surface area contributed by atoms with Crippen molar-refractivity contribution in [2.45, 2.75) is 25.8 Å². The van der Waals surface area contributed by atoms with Gasteiger partial charge >= 0.3 is 0 Å². The second kappa shape index (κ2) is 11.0. The van der Waals surface area contributed by atoms with Gasteiger partial charge in [0, 0.05) is 13.6 Å². The molecule has 150 valence electrons. The van der Waals surface area contributed by atoms with Crippen LogP contribution in [0.1, 0.15) is 18.9 Å². The lowest BCUT2D eigenvalue weighted by Gasteiger charge is -2.30. The summed E-state index contributed by atoms with van der Waals surface area (Å²) in [4.78, 5) is 26.8. The molecule has 1 N–H and O–H groups in total. The van der Waals surface area contributed by atoms with Crippen LogP contribution in [0.5, 0.6) is 11.5 Å². The third-order valence-corrected chi connectivity index (χ3v) is 4.54. The Kier molecular flexibility index (Phi) is 8.34. The molecular formula is C22H28N2O4. The molecule has 0 fully saturated rings. The molecule has 6 heteroatoms. The Balaban J connectivity index is 2.06. The van der Waals surface area contributed by atoms with Crippen molar-refractivity contribution >= 4 is 11.8 Å². The first-order valence-corrected chi connectivity index (χ1v) is 9.40. The largest absolute Gasteiger partial charge is 0.497 e. The molecule has 0 saturated carbocycles. The Bertz CT molecular complexity index is 747. The van der Waals surface area contributed by atoms with E-state index in [1.54, 1.807) is 43.3 Å². The van der Waals surface area contributed by atoms with Crippen LogP contribution in [-0.4, -0.2) is 50.1 Å². The molecule has 0 aliphatic heterocycles. The number of ether oxygens (including phenoxy) is 2. The number of nitrogens with one attached hydrogen (secondary N) is 1. The van der Waals surface area contributed by atoms with Crippen LogP contribution >= 0.6 is 0 Å². The van der Waals surface area contributed by atoms with Crippen LogP contribution in [0.3, 0.4) is 0 Å². The molecule has 1 atom stereocenters. The number of benzene rings is 2. The number of hydrogen-bond acceptors (Lipinski definition) is 4. The second-order valence-electron chi connectivity index (χ2n) is 6.33. The number of rotatable bonds is 10. The second-order valence-corrected chi connectivity index (χ2v) is 6.33. The fourth-order valence-corrected chi connectivity index (χ4v) is 2.96. The Morgan fingerprint density at radius 1 is 1.04 bits per heavy atom. The van der Waals surface area contributed by atoms with Gasteiger partial charge in [0.25, 0.3) is 5.91 Å². The molecule has 0 bridgehead atoms. The first-order chi connectivity index (χ1) is 13.6. The Morgan fingerprint density at radius 3 is 2.25 bits per heavy atom. The molecule has 2 aromatic rings. The van der Waals surface area contributed by atoms with Gasteiger partial charge in [0.05, 0.1) is 7.11 Å². The Morgan fingerprint density at radius 2 is 1.68 bits per heavy atom. The minimum atomic E-state index is -0.527. The number of hydrogen-bond donors (Lipinski definition) is 1. The van der Waals surface area contributed by atoms with Gasteiger partial charge < -0.3 is 19.7 Å². The first-order valence-electron chi connectivity index (χ1n) is 9.40. The van der Waals surface area contributed by atoms with E-state index in [-0.39, 0.29) is 18.4 Å². The highest BCUT2D eigenvalue weighted by Gasteiger charge is 2.27. The number of likely N-dealkylation sites (N-methyl/N-ethyl adjacent to an activating group) is 1. The van der Waals surface area contributed by atoms with Crippen LogP contribution in [0.15, 0.2) is 54.6 Å². The zero-order chi connectivity index (χ0) is 20.4. The highest BCUT2D eigenvalue weighted by molar-refractivity contribution is 5.88. The average molecular weight is 384 g/mol.